The molecular weight excluding hydrogens is 290 g/mol. The van der Waals surface area contributed by atoms with E-state index in [1.54, 1.807) is 16.5 Å². The fourth-order valence-corrected chi connectivity index (χ4v) is 3.48. The van der Waals surface area contributed by atoms with Crippen molar-refractivity contribution in [1.82, 2.24) is 14.3 Å². The van der Waals surface area contributed by atoms with E-state index in [4.69, 9.17) is 5.11 Å². The summed E-state index contributed by atoms with van der Waals surface area (Å²) in [5.41, 5.74) is -0.189. The minimum Gasteiger partial charge on any atom is -0.396 e. The van der Waals surface area contributed by atoms with Gasteiger partial charge in [0.2, 0.25) is 0 Å². The fourth-order valence-electron chi connectivity index (χ4n) is 2.81. The average Bonchev–Trinajstić information content (AvgIpc) is 2.97. The zero-order valence-electron chi connectivity index (χ0n) is 11.6. The van der Waals surface area contributed by atoms with Crippen molar-refractivity contribution in [2.75, 3.05) is 19.7 Å². The van der Waals surface area contributed by atoms with Gasteiger partial charge in [0.25, 0.3) is 11.5 Å². The zero-order valence-corrected chi connectivity index (χ0v) is 12.4. The van der Waals surface area contributed by atoms with Crippen molar-refractivity contribution in [3.05, 3.63) is 33.7 Å². The molecule has 0 radical (unpaired) electrons. The fraction of sp³-hybridized carbons (Fsp3) is 0.500. The molecule has 1 fully saturated rings. The molecule has 1 saturated heterocycles. The minimum absolute atomic E-state index is 0.121. The van der Waals surface area contributed by atoms with E-state index in [1.807, 2.05) is 0 Å². The summed E-state index contributed by atoms with van der Waals surface area (Å²) in [7, 11) is 0. The number of hydrogen-bond acceptors (Lipinski definition) is 5. The van der Waals surface area contributed by atoms with Gasteiger partial charge >= 0.3 is 0 Å². The van der Waals surface area contributed by atoms with Crippen LogP contribution in [0.4, 0.5) is 0 Å². The Morgan fingerprint density at radius 1 is 1.52 bits per heavy atom. The van der Waals surface area contributed by atoms with Crippen LogP contribution in [0.5, 0.6) is 0 Å². The number of fused-ring (bicyclic) bond motifs is 1. The Morgan fingerprint density at radius 2 is 2.38 bits per heavy atom. The lowest BCUT2D eigenvalue weighted by Gasteiger charge is -2.32. The van der Waals surface area contributed by atoms with Crippen LogP contribution in [0.15, 0.2) is 22.6 Å². The number of nitrogens with zero attached hydrogens (tertiary/aromatic N) is 3. The Hall–Kier alpha value is -1.73. The number of aromatic nitrogens is 2. The van der Waals surface area contributed by atoms with Crippen LogP contribution in [-0.2, 0) is 0 Å². The molecule has 112 valence electrons. The molecule has 0 bridgehead atoms. The summed E-state index contributed by atoms with van der Waals surface area (Å²) < 4.78 is 1.41. The monoisotopic (exact) mass is 307 g/mol. The van der Waals surface area contributed by atoms with Crippen LogP contribution in [0, 0.1) is 5.92 Å². The molecule has 3 rings (SSSR count). The summed E-state index contributed by atoms with van der Waals surface area (Å²) in [4.78, 5) is 31.3. The molecule has 1 amide bonds. The molecule has 0 aliphatic carbocycles. The number of likely N-dealkylation sites (tertiary alicyclic amines) is 1. The number of carbonyl (C=O) groups is 1. The van der Waals surface area contributed by atoms with Crippen LogP contribution >= 0.6 is 11.3 Å². The van der Waals surface area contributed by atoms with Gasteiger partial charge in [0.15, 0.2) is 4.96 Å². The third-order valence-corrected chi connectivity index (χ3v) is 4.69. The van der Waals surface area contributed by atoms with Crippen molar-refractivity contribution in [3.63, 3.8) is 0 Å². The summed E-state index contributed by atoms with van der Waals surface area (Å²) in [5.74, 6) is 0.0593. The molecule has 1 atom stereocenters. The van der Waals surface area contributed by atoms with Gasteiger partial charge < -0.3 is 10.0 Å². The van der Waals surface area contributed by atoms with Crippen molar-refractivity contribution in [1.29, 1.82) is 0 Å². The first kappa shape index (κ1) is 14.2. The zero-order chi connectivity index (χ0) is 14.8. The highest BCUT2D eigenvalue weighted by Gasteiger charge is 2.26. The third-order valence-electron chi connectivity index (χ3n) is 3.92. The quantitative estimate of drug-likeness (QED) is 0.917. The van der Waals surface area contributed by atoms with Gasteiger partial charge in [0.05, 0.1) is 0 Å². The van der Waals surface area contributed by atoms with Crippen molar-refractivity contribution in [2.45, 2.75) is 19.3 Å². The van der Waals surface area contributed by atoms with E-state index in [2.05, 4.69) is 4.98 Å². The van der Waals surface area contributed by atoms with E-state index in [-0.39, 0.29) is 23.6 Å². The summed E-state index contributed by atoms with van der Waals surface area (Å²) >= 11 is 1.36. The van der Waals surface area contributed by atoms with Crippen LogP contribution in [0.3, 0.4) is 0 Å². The summed E-state index contributed by atoms with van der Waals surface area (Å²) in [6.07, 6.45) is 5.64. The van der Waals surface area contributed by atoms with E-state index in [0.717, 1.165) is 12.8 Å². The maximum atomic E-state index is 12.5. The summed E-state index contributed by atoms with van der Waals surface area (Å²) in [6.45, 7) is 1.40. The first-order valence-electron chi connectivity index (χ1n) is 7.05. The number of piperidine rings is 1. The van der Waals surface area contributed by atoms with Gasteiger partial charge in [0, 0.05) is 37.5 Å². The number of thiazole rings is 1. The first-order chi connectivity index (χ1) is 10.2. The van der Waals surface area contributed by atoms with E-state index >= 15 is 0 Å². The number of aliphatic hydroxyl groups excluding tert-OH is 1. The van der Waals surface area contributed by atoms with Crippen molar-refractivity contribution in [3.8, 4) is 0 Å². The van der Waals surface area contributed by atoms with Gasteiger partial charge in [0.1, 0.15) is 5.56 Å². The Bertz CT molecular complexity index is 707. The lowest BCUT2D eigenvalue weighted by atomic mass is 9.95. The Balaban J connectivity index is 1.86. The second-order valence-corrected chi connectivity index (χ2v) is 6.18. The van der Waals surface area contributed by atoms with E-state index < -0.39 is 0 Å². The molecule has 1 aliphatic heterocycles. The molecule has 2 aromatic rings. The molecule has 6 nitrogen and oxygen atoms in total. The highest BCUT2D eigenvalue weighted by atomic mass is 32.1. The predicted octanol–water partition coefficient (Wildman–Crippen LogP) is 0.991. The predicted molar refractivity (Wildman–Crippen MR) is 79.7 cm³/mol. The highest BCUT2D eigenvalue weighted by molar-refractivity contribution is 7.15. The van der Waals surface area contributed by atoms with Gasteiger partial charge in [-0.25, -0.2) is 4.98 Å². The highest BCUT2D eigenvalue weighted by Crippen LogP contribution is 2.20. The topological polar surface area (TPSA) is 74.9 Å². The molecule has 1 unspecified atom stereocenters. The SMILES string of the molecule is O=C(c1cnc2sccn2c1=O)N1CCCC(CCO)C1. The normalized spacial score (nSPS) is 19.1. The number of aliphatic hydroxyl groups is 1. The molecule has 1 aliphatic rings. The summed E-state index contributed by atoms with van der Waals surface area (Å²) in [5, 5.41) is 10.8. The second-order valence-electron chi connectivity index (χ2n) is 5.30. The smallest absolute Gasteiger partial charge is 0.271 e. The van der Waals surface area contributed by atoms with Crippen molar-refractivity contribution in [2.24, 2.45) is 5.92 Å². The van der Waals surface area contributed by atoms with Gasteiger partial charge in [-0.15, -0.1) is 11.3 Å². The maximum Gasteiger partial charge on any atom is 0.271 e. The van der Waals surface area contributed by atoms with E-state index in [0.29, 0.717) is 30.4 Å². The number of hydrogen-bond donors (Lipinski definition) is 1. The van der Waals surface area contributed by atoms with Crippen LogP contribution < -0.4 is 5.56 Å². The lowest BCUT2D eigenvalue weighted by molar-refractivity contribution is 0.0651. The Kier molecular flexibility index (Phi) is 4.03. The second kappa shape index (κ2) is 5.95. The molecule has 0 saturated carbocycles. The van der Waals surface area contributed by atoms with Gasteiger partial charge in [-0.05, 0) is 25.2 Å². The standard InChI is InChI=1S/C14H17N3O3S/c18-6-3-10-2-1-4-16(9-10)12(19)11-8-15-14-17(13(11)20)5-7-21-14/h5,7-8,10,18H,1-4,6,9H2. The van der Waals surface area contributed by atoms with Crippen molar-refractivity contribution >= 4 is 22.2 Å². The minimum atomic E-state index is -0.310. The molecule has 7 heteroatoms. The van der Waals surface area contributed by atoms with Crippen LogP contribution in [0.2, 0.25) is 0 Å². The van der Waals surface area contributed by atoms with Crippen LogP contribution in [0.25, 0.3) is 4.96 Å². The van der Waals surface area contributed by atoms with Gasteiger partial charge in [-0.2, -0.15) is 0 Å². The molecular formula is C14H17N3O3S. The molecule has 21 heavy (non-hydrogen) atoms. The van der Waals surface area contributed by atoms with E-state index in [9.17, 15) is 9.59 Å². The summed E-state index contributed by atoms with van der Waals surface area (Å²) in [6, 6.07) is 0. The molecule has 3 heterocycles. The third kappa shape index (κ3) is 2.71. The van der Waals surface area contributed by atoms with E-state index in [1.165, 1.54) is 21.9 Å². The number of rotatable bonds is 3. The number of amides is 1. The first-order valence-corrected chi connectivity index (χ1v) is 7.93. The lowest BCUT2D eigenvalue weighted by Crippen LogP contribution is -2.42. The largest absolute Gasteiger partial charge is 0.396 e. The maximum absolute atomic E-state index is 12.5. The molecule has 0 aromatic carbocycles. The van der Waals surface area contributed by atoms with Crippen molar-refractivity contribution < 1.29 is 9.90 Å². The Morgan fingerprint density at radius 3 is 3.19 bits per heavy atom. The average molecular weight is 307 g/mol. The van der Waals surface area contributed by atoms with Crippen LogP contribution in [0.1, 0.15) is 29.6 Å². The van der Waals surface area contributed by atoms with Gasteiger partial charge in [-0.3, -0.25) is 14.0 Å². The molecule has 0 spiro atoms. The molecule has 1 N–H and O–H groups in total. The number of carbonyl (C=O) groups excluding carboxylic acids is 1. The van der Waals surface area contributed by atoms with Crippen LogP contribution in [-0.4, -0.2) is 45.0 Å². The Labute approximate surface area is 125 Å². The molecule has 2 aromatic heterocycles. The van der Waals surface area contributed by atoms with Gasteiger partial charge in [-0.1, -0.05) is 0 Å².